The van der Waals surface area contributed by atoms with Gasteiger partial charge in [0.25, 0.3) is 0 Å². The van der Waals surface area contributed by atoms with Crippen LogP contribution in [0.2, 0.25) is 5.02 Å². The van der Waals surface area contributed by atoms with E-state index in [1.807, 2.05) is 43.3 Å². The van der Waals surface area contributed by atoms with Crippen LogP contribution in [0.1, 0.15) is 31.4 Å². The molecular formula is C20H22ClN3O2. The maximum absolute atomic E-state index is 12.3. The zero-order valence-corrected chi connectivity index (χ0v) is 15.4. The summed E-state index contributed by atoms with van der Waals surface area (Å²) in [7, 11) is 0. The number of para-hydroxylation sites is 2. The second-order valence-corrected chi connectivity index (χ2v) is 6.80. The molecule has 1 fully saturated rings. The Morgan fingerprint density at radius 2 is 1.92 bits per heavy atom. The fourth-order valence-electron chi connectivity index (χ4n) is 3.06. The van der Waals surface area contributed by atoms with Gasteiger partial charge in [-0.3, -0.25) is 9.59 Å². The van der Waals surface area contributed by atoms with Crippen molar-refractivity contribution in [3.63, 3.8) is 0 Å². The summed E-state index contributed by atoms with van der Waals surface area (Å²) in [5, 5.41) is 6.78. The monoisotopic (exact) mass is 371 g/mol. The molecule has 1 saturated heterocycles. The van der Waals surface area contributed by atoms with Crippen LogP contribution in [0.4, 0.5) is 11.4 Å². The van der Waals surface area contributed by atoms with Gasteiger partial charge >= 0.3 is 0 Å². The molecule has 2 N–H and O–H groups in total. The van der Waals surface area contributed by atoms with Gasteiger partial charge in [-0.25, -0.2) is 0 Å². The van der Waals surface area contributed by atoms with E-state index < -0.39 is 0 Å². The van der Waals surface area contributed by atoms with Gasteiger partial charge in [0.15, 0.2) is 0 Å². The number of carbonyl (C=O) groups excluding carboxylic acids is 2. The topological polar surface area (TPSA) is 61.4 Å². The molecule has 3 rings (SSSR count). The molecule has 1 unspecified atom stereocenters. The molecular weight excluding hydrogens is 350 g/mol. The minimum Gasteiger partial charge on any atom is -0.374 e. The number of halogens is 1. The van der Waals surface area contributed by atoms with E-state index in [1.54, 1.807) is 17.0 Å². The van der Waals surface area contributed by atoms with Crippen molar-refractivity contribution in [2.75, 3.05) is 23.3 Å². The summed E-state index contributed by atoms with van der Waals surface area (Å²) in [6.45, 7) is 2.78. The average Bonchev–Trinajstić information content (AvgIpc) is 3.06. The SMILES string of the molecule is CC(NC(=O)CNc1ccccc1N1CCCC1=O)c1ccc(Cl)cc1. The Bertz CT molecular complexity index is 792. The van der Waals surface area contributed by atoms with Crippen molar-refractivity contribution in [3.05, 3.63) is 59.1 Å². The molecule has 2 aromatic rings. The normalized spacial score (nSPS) is 15.0. The molecule has 0 saturated carbocycles. The van der Waals surface area contributed by atoms with Gasteiger partial charge in [0.05, 0.1) is 24.0 Å². The lowest BCUT2D eigenvalue weighted by Crippen LogP contribution is -2.32. The van der Waals surface area contributed by atoms with Crippen LogP contribution in [-0.4, -0.2) is 24.9 Å². The molecule has 26 heavy (non-hydrogen) atoms. The number of hydrogen-bond donors (Lipinski definition) is 2. The summed E-state index contributed by atoms with van der Waals surface area (Å²) < 4.78 is 0. The van der Waals surface area contributed by atoms with E-state index in [9.17, 15) is 9.59 Å². The van der Waals surface area contributed by atoms with Crippen LogP contribution in [0, 0.1) is 0 Å². The standard InChI is InChI=1S/C20H22ClN3O2/c1-14(15-8-10-16(21)11-9-15)23-19(25)13-22-17-5-2-3-6-18(17)24-12-4-7-20(24)26/h2-3,5-6,8-11,14,22H,4,7,12-13H2,1H3,(H,23,25). The Morgan fingerprint density at radius 1 is 1.19 bits per heavy atom. The summed E-state index contributed by atoms with van der Waals surface area (Å²) in [5.41, 5.74) is 2.61. The van der Waals surface area contributed by atoms with Crippen LogP contribution in [-0.2, 0) is 9.59 Å². The van der Waals surface area contributed by atoms with Gasteiger partial charge in [0.2, 0.25) is 11.8 Å². The third-order valence-corrected chi connectivity index (χ3v) is 4.71. The number of carbonyl (C=O) groups is 2. The Labute approximate surface area is 158 Å². The predicted molar refractivity (Wildman–Crippen MR) is 105 cm³/mol. The summed E-state index contributed by atoms with van der Waals surface area (Å²) in [5.74, 6) is 0.00932. The highest BCUT2D eigenvalue weighted by molar-refractivity contribution is 6.30. The smallest absolute Gasteiger partial charge is 0.239 e. The molecule has 1 aliphatic heterocycles. The van der Waals surface area contributed by atoms with Crippen molar-refractivity contribution in [1.29, 1.82) is 0 Å². The van der Waals surface area contributed by atoms with Gasteiger partial charge < -0.3 is 15.5 Å². The van der Waals surface area contributed by atoms with E-state index >= 15 is 0 Å². The first-order valence-corrected chi connectivity index (χ1v) is 9.10. The van der Waals surface area contributed by atoms with E-state index in [-0.39, 0.29) is 24.4 Å². The van der Waals surface area contributed by atoms with Crippen molar-refractivity contribution in [2.45, 2.75) is 25.8 Å². The molecule has 0 radical (unpaired) electrons. The van der Waals surface area contributed by atoms with E-state index in [0.717, 1.165) is 29.9 Å². The van der Waals surface area contributed by atoms with Gasteiger partial charge in [-0.05, 0) is 43.2 Å². The Kier molecular flexibility index (Phi) is 5.78. The van der Waals surface area contributed by atoms with Crippen LogP contribution in [0.15, 0.2) is 48.5 Å². The van der Waals surface area contributed by atoms with Crippen molar-refractivity contribution in [3.8, 4) is 0 Å². The third kappa shape index (κ3) is 4.35. The molecule has 1 aliphatic rings. The van der Waals surface area contributed by atoms with Crippen LogP contribution >= 0.6 is 11.6 Å². The number of hydrogen-bond acceptors (Lipinski definition) is 3. The fourth-order valence-corrected chi connectivity index (χ4v) is 3.19. The molecule has 2 aromatic carbocycles. The van der Waals surface area contributed by atoms with Crippen LogP contribution in [0.5, 0.6) is 0 Å². The number of nitrogens with one attached hydrogen (secondary N) is 2. The van der Waals surface area contributed by atoms with Crippen LogP contribution in [0.25, 0.3) is 0 Å². The van der Waals surface area contributed by atoms with Gasteiger partial charge in [0, 0.05) is 18.0 Å². The number of benzene rings is 2. The maximum Gasteiger partial charge on any atom is 0.239 e. The quantitative estimate of drug-likeness (QED) is 0.812. The molecule has 2 amide bonds. The molecule has 0 aromatic heterocycles. The molecule has 0 spiro atoms. The minimum absolute atomic E-state index is 0.114. The summed E-state index contributed by atoms with van der Waals surface area (Å²) >= 11 is 5.89. The predicted octanol–water partition coefficient (Wildman–Crippen LogP) is 3.76. The van der Waals surface area contributed by atoms with E-state index in [1.165, 1.54) is 0 Å². The third-order valence-electron chi connectivity index (χ3n) is 4.46. The zero-order chi connectivity index (χ0) is 18.5. The molecule has 136 valence electrons. The molecule has 6 heteroatoms. The molecule has 1 atom stereocenters. The Balaban J connectivity index is 1.59. The maximum atomic E-state index is 12.3. The van der Waals surface area contributed by atoms with Crippen LogP contribution < -0.4 is 15.5 Å². The number of amides is 2. The first kappa shape index (κ1) is 18.3. The largest absolute Gasteiger partial charge is 0.374 e. The van der Waals surface area contributed by atoms with E-state index in [4.69, 9.17) is 11.6 Å². The molecule has 0 aliphatic carbocycles. The van der Waals surface area contributed by atoms with Crippen LogP contribution in [0.3, 0.4) is 0 Å². The number of rotatable bonds is 6. The molecule has 5 nitrogen and oxygen atoms in total. The highest BCUT2D eigenvalue weighted by Crippen LogP contribution is 2.29. The van der Waals surface area contributed by atoms with Gasteiger partial charge in [-0.1, -0.05) is 35.9 Å². The summed E-state index contributed by atoms with van der Waals surface area (Å²) in [4.78, 5) is 26.1. The molecule has 1 heterocycles. The van der Waals surface area contributed by atoms with Crippen molar-refractivity contribution < 1.29 is 9.59 Å². The Hall–Kier alpha value is -2.53. The van der Waals surface area contributed by atoms with Gasteiger partial charge in [-0.2, -0.15) is 0 Å². The summed E-state index contributed by atoms with van der Waals surface area (Å²) in [6, 6.07) is 14.9. The van der Waals surface area contributed by atoms with Gasteiger partial charge in [0.1, 0.15) is 0 Å². The van der Waals surface area contributed by atoms with Crippen molar-refractivity contribution in [2.24, 2.45) is 0 Å². The highest BCUT2D eigenvalue weighted by Gasteiger charge is 2.23. The zero-order valence-electron chi connectivity index (χ0n) is 14.7. The fraction of sp³-hybridized carbons (Fsp3) is 0.300. The first-order chi connectivity index (χ1) is 12.5. The van der Waals surface area contributed by atoms with Crippen molar-refractivity contribution in [1.82, 2.24) is 5.32 Å². The molecule has 0 bridgehead atoms. The second kappa shape index (κ2) is 8.23. The van der Waals surface area contributed by atoms with Crippen molar-refractivity contribution >= 4 is 34.8 Å². The second-order valence-electron chi connectivity index (χ2n) is 6.36. The number of anilines is 2. The van der Waals surface area contributed by atoms with E-state index in [0.29, 0.717) is 11.4 Å². The van der Waals surface area contributed by atoms with E-state index in [2.05, 4.69) is 10.6 Å². The lowest BCUT2D eigenvalue weighted by molar-refractivity contribution is -0.120. The lowest BCUT2D eigenvalue weighted by atomic mass is 10.1. The van der Waals surface area contributed by atoms with Gasteiger partial charge in [-0.15, -0.1) is 0 Å². The highest BCUT2D eigenvalue weighted by atomic mass is 35.5. The lowest BCUT2D eigenvalue weighted by Gasteiger charge is -2.21. The minimum atomic E-state index is -0.116. The first-order valence-electron chi connectivity index (χ1n) is 8.72. The summed E-state index contributed by atoms with van der Waals surface area (Å²) in [6.07, 6.45) is 1.44. The Morgan fingerprint density at radius 3 is 2.62 bits per heavy atom. The average molecular weight is 372 g/mol. The number of nitrogens with zero attached hydrogens (tertiary/aromatic N) is 1.